The van der Waals surface area contributed by atoms with Gasteiger partial charge in [-0.25, -0.2) is 0 Å². The Morgan fingerprint density at radius 3 is 2.54 bits per heavy atom. The zero-order chi connectivity index (χ0) is 17.1. The predicted octanol–water partition coefficient (Wildman–Crippen LogP) is 1.91. The molecule has 2 amide bonds. The van der Waals surface area contributed by atoms with Crippen LogP contribution in [0.5, 0.6) is 0 Å². The number of aryl methyl sites for hydroxylation is 1. The Balaban J connectivity index is 1.79. The molecule has 0 N–H and O–H groups in total. The summed E-state index contributed by atoms with van der Waals surface area (Å²) < 4.78 is 0. The minimum Gasteiger partial charge on any atom is -0.338 e. The van der Waals surface area contributed by atoms with E-state index in [1.807, 2.05) is 30.0 Å². The van der Waals surface area contributed by atoms with Crippen LogP contribution in [0.25, 0.3) is 0 Å². The summed E-state index contributed by atoms with van der Waals surface area (Å²) in [6, 6.07) is 7.55. The molecule has 1 unspecified atom stereocenters. The number of likely N-dealkylation sites (N-methyl/N-ethyl adjacent to an activating group) is 1. The fraction of sp³-hybridized carbons (Fsp3) is 0.579. The molecular weight excluding hydrogens is 302 g/mol. The predicted molar refractivity (Wildman–Crippen MR) is 95.0 cm³/mol. The number of amides is 2. The van der Waals surface area contributed by atoms with E-state index in [4.69, 9.17) is 0 Å². The number of piperazine rings is 1. The minimum absolute atomic E-state index is 0.0630. The monoisotopic (exact) mass is 329 g/mol. The molecule has 2 heterocycles. The molecule has 0 spiro atoms. The molecule has 2 aliphatic heterocycles. The van der Waals surface area contributed by atoms with Gasteiger partial charge in [0, 0.05) is 38.3 Å². The lowest BCUT2D eigenvalue weighted by Crippen LogP contribution is -2.55. The maximum Gasteiger partial charge on any atom is 0.245 e. The molecule has 5 nitrogen and oxygen atoms in total. The van der Waals surface area contributed by atoms with E-state index < -0.39 is 6.04 Å². The minimum atomic E-state index is -0.440. The number of nitrogens with zero attached hydrogens (tertiary/aromatic N) is 3. The van der Waals surface area contributed by atoms with Crippen molar-refractivity contribution in [3.05, 3.63) is 29.8 Å². The Kier molecular flexibility index (Phi) is 5.19. The number of fused-ring (bicyclic) bond motifs is 1. The maximum absolute atomic E-state index is 13.0. The third-order valence-corrected chi connectivity index (χ3v) is 5.23. The van der Waals surface area contributed by atoms with E-state index in [1.165, 1.54) is 5.56 Å². The number of rotatable bonds is 3. The number of para-hydroxylation sites is 1. The highest BCUT2D eigenvalue weighted by atomic mass is 16.2. The summed E-state index contributed by atoms with van der Waals surface area (Å²) in [6.07, 6.45) is 2.26. The third kappa shape index (κ3) is 3.31. The average Bonchev–Trinajstić information content (AvgIpc) is 2.78. The van der Waals surface area contributed by atoms with Crippen molar-refractivity contribution in [3.63, 3.8) is 0 Å². The van der Waals surface area contributed by atoms with E-state index in [-0.39, 0.29) is 11.8 Å². The van der Waals surface area contributed by atoms with Crippen molar-refractivity contribution in [1.29, 1.82) is 0 Å². The first-order chi connectivity index (χ1) is 11.6. The second-order valence-electron chi connectivity index (χ2n) is 6.68. The lowest BCUT2D eigenvalue weighted by atomic mass is 10.1. The summed E-state index contributed by atoms with van der Waals surface area (Å²) >= 11 is 0. The van der Waals surface area contributed by atoms with Gasteiger partial charge in [-0.05, 0) is 37.9 Å². The highest BCUT2D eigenvalue weighted by Gasteiger charge is 2.33. The molecule has 1 atom stereocenters. The smallest absolute Gasteiger partial charge is 0.245 e. The summed E-state index contributed by atoms with van der Waals surface area (Å²) in [7, 11) is 0. The van der Waals surface area contributed by atoms with Gasteiger partial charge in [-0.3, -0.25) is 14.5 Å². The van der Waals surface area contributed by atoms with Gasteiger partial charge in [-0.15, -0.1) is 0 Å². The highest BCUT2D eigenvalue weighted by molar-refractivity contribution is 6.01. The summed E-state index contributed by atoms with van der Waals surface area (Å²) in [5, 5.41) is 0. The molecule has 0 bridgehead atoms. The van der Waals surface area contributed by atoms with Gasteiger partial charge in [-0.1, -0.05) is 25.1 Å². The molecule has 1 aromatic carbocycles. The van der Waals surface area contributed by atoms with E-state index in [1.54, 1.807) is 4.90 Å². The molecule has 1 saturated heterocycles. The van der Waals surface area contributed by atoms with Crippen LogP contribution in [0.15, 0.2) is 24.3 Å². The van der Waals surface area contributed by atoms with Gasteiger partial charge in [0.25, 0.3) is 0 Å². The number of anilines is 1. The van der Waals surface area contributed by atoms with E-state index in [0.29, 0.717) is 6.42 Å². The molecule has 3 rings (SSSR count). The van der Waals surface area contributed by atoms with E-state index in [2.05, 4.69) is 17.9 Å². The highest BCUT2D eigenvalue weighted by Crippen LogP contribution is 2.29. The average molecular weight is 329 g/mol. The molecule has 130 valence electrons. The Hall–Kier alpha value is -1.88. The van der Waals surface area contributed by atoms with Crippen molar-refractivity contribution >= 4 is 17.5 Å². The molecule has 24 heavy (non-hydrogen) atoms. The van der Waals surface area contributed by atoms with Crippen molar-refractivity contribution in [2.24, 2.45) is 0 Å². The molecule has 0 saturated carbocycles. The molecule has 0 radical (unpaired) electrons. The van der Waals surface area contributed by atoms with Crippen LogP contribution in [-0.2, 0) is 16.0 Å². The van der Waals surface area contributed by atoms with Crippen molar-refractivity contribution in [2.45, 2.75) is 39.2 Å². The number of benzene rings is 1. The van der Waals surface area contributed by atoms with Crippen LogP contribution >= 0.6 is 0 Å². The van der Waals surface area contributed by atoms with Crippen molar-refractivity contribution in [2.75, 3.05) is 37.6 Å². The Bertz CT molecular complexity index is 608. The standard InChI is InChI=1S/C19H27N3O2/c1-3-20-11-13-21(14-12-20)19(24)15(2)22-17-9-5-4-7-16(17)8-6-10-18(22)23/h4-5,7,9,15H,3,6,8,10-14H2,1-2H3. The van der Waals surface area contributed by atoms with Gasteiger partial charge >= 0.3 is 0 Å². The van der Waals surface area contributed by atoms with Gasteiger partial charge in [0.15, 0.2) is 0 Å². The van der Waals surface area contributed by atoms with E-state index >= 15 is 0 Å². The van der Waals surface area contributed by atoms with Crippen molar-refractivity contribution < 1.29 is 9.59 Å². The maximum atomic E-state index is 13.0. The second kappa shape index (κ2) is 7.34. The topological polar surface area (TPSA) is 43.9 Å². The van der Waals surface area contributed by atoms with Gasteiger partial charge in [0.05, 0.1) is 0 Å². The van der Waals surface area contributed by atoms with Crippen LogP contribution < -0.4 is 4.90 Å². The third-order valence-electron chi connectivity index (χ3n) is 5.23. The zero-order valence-electron chi connectivity index (χ0n) is 14.7. The number of hydrogen-bond acceptors (Lipinski definition) is 3. The van der Waals surface area contributed by atoms with E-state index in [9.17, 15) is 9.59 Å². The van der Waals surface area contributed by atoms with Crippen molar-refractivity contribution in [1.82, 2.24) is 9.80 Å². The lowest BCUT2D eigenvalue weighted by Gasteiger charge is -2.38. The number of hydrogen-bond donors (Lipinski definition) is 0. The fourth-order valence-electron chi connectivity index (χ4n) is 3.73. The Labute approximate surface area is 144 Å². The lowest BCUT2D eigenvalue weighted by molar-refractivity contribution is -0.135. The van der Waals surface area contributed by atoms with Crippen LogP contribution in [0.2, 0.25) is 0 Å². The molecular formula is C19H27N3O2. The van der Waals surface area contributed by atoms with Crippen LogP contribution in [-0.4, -0.2) is 60.4 Å². The van der Waals surface area contributed by atoms with Gasteiger partial charge in [0.2, 0.25) is 11.8 Å². The second-order valence-corrected chi connectivity index (χ2v) is 6.68. The van der Waals surface area contributed by atoms with E-state index in [0.717, 1.165) is 51.3 Å². The van der Waals surface area contributed by atoms with Gasteiger partial charge < -0.3 is 9.80 Å². The SMILES string of the molecule is CCN1CCN(C(=O)C(C)N2C(=O)CCCc3ccccc32)CC1. The van der Waals surface area contributed by atoms with Gasteiger partial charge in [0.1, 0.15) is 6.04 Å². The summed E-state index contributed by atoms with van der Waals surface area (Å²) in [5.74, 6) is 0.129. The first-order valence-corrected chi connectivity index (χ1v) is 9.03. The van der Waals surface area contributed by atoms with Crippen LogP contribution in [0.1, 0.15) is 32.3 Å². The first-order valence-electron chi connectivity index (χ1n) is 9.03. The molecule has 0 aromatic heterocycles. The van der Waals surface area contributed by atoms with Crippen molar-refractivity contribution in [3.8, 4) is 0 Å². The number of carbonyl (C=O) groups excluding carboxylic acids is 2. The quantitative estimate of drug-likeness (QED) is 0.851. The molecule has 1 fully saturated rings. The Morgan fingerprint density at radius 1 is 1.12 bits per heavy atom. The summed E-state index contributed by atoms with van der Waals surface area (Å²) in [5.41, 5.74) is 2.08. The normalized spacial score (nSPS) is 20.5. The summed E-state index contributed by atoms with van der Waals surface area (Å²) in [6.45, 7) is 8.37. The zero-order valence-corrected chi connectivity index (χ0v) is 14.7. The van der Waals surface area contributed by atoms with Crippen LogP contribution in [0.4, 0.5) is 5.69 Å². The molecule has 5 heteroatoms. The Morgan fingerprint density at radius 2 is 1.83 bits per heavy atom. The van der Waals surface area contributed by atoms with Crippen LogP contribution in [0, 0.1) is 0 Å². The number of carbonyl (C=O) groups is 2. The largest absolute Gasteiger partial charge is 0.338 e. The molecule has 1 aromatic rings. The fourth-order valence-corrected chi connectivity index (χ4v) is 3.73. The molecule has 0 aliphatic carbocycles. The first kappa shape index (κ1) is 17.0. The summed E-state index contributed by atoms with van der Waals surface area (Å²) in [4.78, 5) is 31.6. The molecule has 2 aliphatic rings. The van der Waals surface area contributed by atoms with Crippen LogP contribution in [0.3, 0.4) is 0 Å². The van der Waals surface area contributed by atoms with Gasteiger partial charge in [-0.2, -0.15) is 0 Å².